The summed E-state index contributed by atoms with van der Waals surface area (Å²) in [4.78, 5) is 28.1. The molecule has 0 aliphatic carbocycles. The van der Waals surface area contributed by atoms with Crippen LogP contribution in [0.15, 0.2) is 66.2 Å². The van der Waals surface area contributed by atoms with E-state index in [0.717, 1.165) is 0 Å². The van der Waals surface area contributed by atoms with E-state index in [-0.39, 0.29) is 16.9 Å². The number of ether oxygens (including phenoxy) is 3. The molecule has 1 aliphatic rings. The van der Waals surface area contributed by atoms with Crippen molar-refractivity contribution in [2.75, 3.05) is 25.2 Å². The Morgan fingerprint density at radius 2 is 1.65 bits per heavy atom. The minimum absolute atomic E-state index is 0.0950. The highest BCUT2D eigenvalue weighted by Crippen LogP contribution is 2.45. The van der Waals surface area contributed by atoms with Crippen molar-refractivity contribution in [2.24, 2.45) is 0 Å². The van der Waals surface area contributed by atoms with E-state index in [0.29, 0.717) is 51.8 Å². The van der Waals surface area contributed by atoms with Crippen LogP contribution in [0.3, 0.4) is 0 Å². The largest absolute Gasteiger partial charge is 0.507 e. The maximum atomic E-state index is 13.4. The molecular formula is C28H25Cl2NO6. The lowest BCUT2D eigenvalue weighted by Crippen LogP contribution is -2.29. The molecule has 1 heterocycles. The van der Waals surface area contributed by atoms with Gasteiger partial charge >= 0.3 is 0 Å². The van der Waals surface area contributed by atoms with E-state index in [2.05, 4.69) is 0 Å². The highest BCUT2D eigenvalue weighted by atomic mass is 35.5. The normalized spacial score (nSPS) is 16.7. The Morgan fingerprint density at radius 1 is 0.919 bits per heavy atom. The van der Waals surface area contributed by atoms with Crippen molar-refractivity contribution in [1.29, 1.82) is 0 Å². The fraction of sp³-hybridized carbons (Fsp3) is 0.214. The van der Waals surface area contributed by atoms with Gasteiger partial charge in [0.1, 0.15) is 11.5 Å². The predicted octanol–water partition coefficient (Wildman–Crippen LogP) is 6.43. The number of hydrogen-bond donors (Lipinski definition) is 1. The smallest absolute Gasteiger partial charge is 0.300 e. The molecule has 7 nitrogen and oxygen atoms in total. The molecule has 192 valence electrons. The number of methoxy groups -OCH3 is 1. The first-order valence-electron chi connectivity index (χ1n) is 11.6. The minimum Gasteiger partial charge on any atom is -0.507 e. The lowest BCUT2D eigenvalue weighted by Gasteiger charge is -2.26. The van der Waals surface area contributed by atoms with Crippen LogP contribution in [-0.2, 0) is 9.59 Å². The van der Waals surface area contributed by atoms with Crippen LogP contribution in [0.5, 0.6) is 17.2 Å². The van der Waals surface area contributed by atoms with E-state index >= 15 is 0 Å². The van der Waals surface area contributed by atoms with Crippen molar-refractivity contribution in [3.63, 3.8) is 0 Å². The SMILES string of the molecule is CCOc1cc(/C(O)=C2/C(=O)C(=O)N(c3cccc(Cl)c3)C2c2ccc(OC)c(OCC)c2)ccc1Cl. The van der Waals surface area contributed by atoms with Gasteiger partial charge in [-0.15, -0.1) is 0 Å². The Morgan fingerprint density at radius 3 is 2.32 bits per heavy atom. The van der Waals surface area contributed by atoms with Crippen LogP contribution in [-0.4, -0.2) is 37.1 Å². The van der Waals surface area contributed by atoms with Crippen LogP contribution < -0.4 is 19.1 Å². The van der Waals surface area contributed by atoms with Crippen LogP contribution in [0, 0.1) is 0 Å². The summed E-state index contributed by atoms with van der Waals surface area (Å²) >= 11 is 12.4. The zero-order valence-corrected chi connectivity index (χ0v) is 22.0. The lowest BCUT2D eigenvalue weighted by molar-refractivity contribution is -0.132. The van der Waals surface area contributed by atoms with Crippen molar-refractivity contribution in [1.82, 2.24) is 0 Å². The summed E-state index contributed by atoms with van der Waals surface area (Å²) in [5, 5.41) is 12.2. The molecule has 1 fully saturated rings. The van der Waals surface area contributed by atoms with Crippen LogP contribution >= 0.6 is 23.2 Å². The van der Waals surface area contributed by atoms with Crippen molar-refractivity contribution < 1.29 is 28.9 Å². The second-order valence-corrected chi connectivity index (χ2v) is 8.91. The number of halogens is 2. The van der Waals surface area contributed by atoms with Gasteiger partial charge in [0.2, 0.25) is 0 Å². The molecule has 0 radical (unpaired) electrons. The number of rotatable bonds is 8. The molecule has 0 aromatic heterocycles. The lowest BCUT2D eigenvalue weighted by atomic mass is 9.94. The number of nitrogens with zero attached hydrogens (tertiary/aromatic N) is 1. The molecule has 0 saturated carbocycles. The summed E-state index contributed by atoms with van der Waals surface area (Å²) in [7, 11) is 1.52. The van der Waals surface area contributed by atoms with E-state index in [4.69, 9.17) is 37.4 Å². The van der Waals surface area contributed by atoms with Crippen molar-refractivity contribution in [3.8, 4) is 17.2 Å². The molecular weight excluding hydrogens is 517 g/mol. The number of amides is 1. The van der Waals surface area contributed by atoms with Gasteiger partial charge in [-0.3, -0.25) is 14.5 Å². The number of Topliss-reactive ketones (excluding diaryl/α,β-unsaturated/α-hetero) is 1. The molecule has 1 aliphatic heterocycles. The fourth-order valence-electron chi connectivity index (χ4n) is 4.24. The molecule has 1 N–H and O–H groups in total. The van der Waals surface area contributed by atoms with Crippen molar-refractivity contribution in [3.05, 3.63) is 87.4 Å². The monoisotopic (exact) mass is 541 g/mol. The topological polar surface area (TPSA) is 85.3 Å². The summed E-state index contributed by atoms with van der Waals surface area (Å²) in [5.41, 5.74) is 1.12. The number of hydrogen-bond acceptors (Lipinski definition) is 6. The van der Waals surface area contributed by atoms with Crippen LogP contribution in [0.25, 0.3) is 5.76 Å². The third-order valence-corrected chi connectivity index (χ3v) is 6.39. The summed E-state index contributed by atoms with van der Waals surface area (Å²) in [5.74, 6) is -0.740. The number of anilines is 1. The zero-order chi connectivity index (χ0) is 26.7. The molecule has 3 aromatic rings. The number of aliphatic hydroxyl groups is 1. The first kappa shape index (κ1) is 26.4. The van der Waals surface area contributed by atoms with Gasteiger partial charge < -0.3 is 19.3 Å². The van der Waals surface area contributed by atoms with Gasteiger partial charge in [-0.1, -0.05) is 35.3 Å². The average molecular weight is 542 g/mol. The first-order valence-corrected chi connectivity index (χ1v) is 12.4. The molecule has 37 heavy (non-hydrogen) atoms. The third kappa shape index (κ3) is 5.10. The van der Waals surface area contributed by atoms with Crippen LogP contribution in [0.4, 0.5) is 5.69 Å². The Balaban J connectivity index is 1.96. The Bertz CT molecular complexity index is 1390. The number of aliphatic hydroxyl groups excluding tert-OH is 1. The molecule has 1 unspecified atom stereocenters. The molecule has 1 amide bonds. The number of ketones is 1. The molecule has 3 aromatic carbocycles. The molecule has 4 rings (SSSR count). The highest BCUT2D eigenvalue weighted by Gasteiger charge is 2.47. The van der Waals surface area contributed by atoms with Crippen LogP contribution in [0.2, 0.25) is 10.0 Å². The number of benzene rings is 3. The number of carbonyl (C=O) groups is 2. The standard InChI is InChI=1S/C28H25Cl2NO6/c1-4-36-22-14-17(9-11-20(22)30)26(32)24-25(16-10-12-21(35-3)23(13-16)37-5-2)31(28(34)27(24)33)19-8-6-7-18(29)15-19/h6-15,25,32H,4-5H2,1-3H3/b26-24-. The average Bonchev–Trinajstić information content (AvgIpc) is 3.15. The van der Waals surface area contributed by atoms with Gasteiger partial charge in [0.25, 0.3) is 11.7 Å². The summed E-state index contributed by atoms with van der Waals surface area (Å²) < 4.78 is 16.7. The highest BCUT2D eigenvalue weighted by molar-refractivity contribution is 6.51. The van der Waals surface area contributed by atoms with E-state index in [1.807, 2.05) is 6.92 Å². The summed E-state index contributed by atoms with van der Waals surface area (Å²) in [6.45, 7) is 4.37. The predicted molar refractivity (Wildman–Crippen MR) is 143 cm³/mol. The zero-order valence-electron chi connectivity index (χ0n) is 20.5. The third-order valence-electron chi connectivity index (χ3n) is 5.84. The Kier molecular flexibility index (Phi) is 7.95. The first-order chi connectivity index (χ1) is 17.8. The fourth-order valence-corrected chi connectivity index (χ4v) is 4.60. The quantitative estimate of drug-likeness (QED) is 0.201. The van der Waals surface area contributed by atoms with Crippen molar-refractivity contribution >= 4 is 46.3 Å². The van der Waals surface area contributed by atoms with Gasteiger partial charge in [0.15, 0.2) is 11.5 Å². The van der Waals surface area contributed by atoms with Gasteiger partial charge in [-0.25, -0.2) is 0 Å². The van der Waals surface area contributed by atoms with E-state index in [1.54, 1.807) is 61.5 Å². The number of carbonyl (C=O) groups excluding carboxylic acids is 2. The Labute approximate surface area is 224 Å². The van der Waals surface area contributed by atoms with E-state index < -0.39 is 17.7 Å². The Hall–Kier alpha value is -3.68. The molecule has 9 heteroatoms. The van der Waals surface area contributed by atoms with Crippen molar-refractivity contribution in [2.45, 2.75) is 19.9 Å². The van der Waals surface area contributed by atoms with Gasteiger partial charge in [0.05, 0.1) is 37.0 Å². The molecule has 0 spiro atoms. The second-order valence-electron chi connectivity index (χ2n) is 8.07. The van der Waals surface area contributed by atoms with Gasteiger partial charge in [-0.05, 0) is 67.9 Å². The van der Waals surface area contributed by atoms with Gasteiger partial charge in [-0.2, -0.15) is 0 Å². The maximum absolute atomic E-state index is 13.4. The van der Waals surface area contributed by atoms with E-state index in [9.17, 15) is 14.7 Å². The second kappa shape index (κ2) is 11.2. The summed E-state index contributed by atoms with van der Waals surface area (Å²) in [6.07, 6.45) is 0. The molecule has 1 saturated heterocycles. The van der Waals surface area contributed by atoms with Gasteiger partial charge in [0, 0.05) is 16.3 Å². The van der Waals surface area contributed by atoms with Crippen LogP contribution in [0.1, 0.15) is 31.0 Å². The molecule has 0 bridgehead atoms. The minimum atomic E-state index is -0.977. The summed E-state index contributed by atoms with van der Waals surface area (Å²) in [6, 6.07) is 15.4. The van der Waals surface area contributed by atoms with E-state index in [1.165, 1.54) is 18.1 Å². The maximum Gasteiger partial charge on any atom is 0.300 e. The molecule has 1 atom stereocenters.